The van der Waals surface area contributed by atoms with E-state index in [0.717, 1.165) is 12.8 Å². The number of carbonyl (C=O) groups is 1. The molecule has 0 spiro atoms. The van der Waals surface area contributed by atoms with Gasteiger partial charge in [-0.3, -0.25) is 10.1 Å². The van der Waals surface area contributed by atoms with Crippen molar-refractivity contribution in [3.63, 3.8) is 0 Å². The Morgan fingerprint density at radius 3 is 2.76 bits per heavy atom. The van der Waals surface area contributed by atoms with Gasteiger partial charge in [-0.05, 0) is 37.3 Å². The molecular weight excluding hydrogens is 276 g/mol. The second-order valence-electron chi connectivity index (χ2n) is 5.16. The van der Waals surface area contributed by atoms with E-state index in [4.69, 9.17) is 15.2 Å². The van der Waals surface area contributed by atoms with Crippen molar-refractivity contribution in [3.8, 4) is 0 Å². The highest BCUT2D eigenvalue weighted by Gasteiger charge is 2.23. The van der Waals surface area contributed by atoms with E-state index in [2.05, 4.69) is 0 Å². The van der Waals surface area contributed by atoms with Crippen LogP contribution >= 0.6 is 0 Å². The first-order valence-electron chi connectivity index (χ1n) is 6.78. The summed E-state index contributed by atoms with van der Waals surface area (Å²) in [4.78, 5) is 22.4. The van der Waals surface area contributed by atoms with Gasteiger partial charge in [0.1, 0.15) is 5.69 Å². The first kappa shape index (κ1) is 15.2. The smallest absolute Gasteiger partial charge is 0.340 e. The minimum absolute atomic E-state index is 0.0498. The zero-order valence-corrected chi connectivity index (χ0v) is 11.8. The number of rotatable bonds is 4. The van der Waals surface area contributed by atoms with Gasteiger partial charge in [0.15, 0.2) is 0 Å². The largest absolute Gasteiger partial charge is 0.462 e. The van der Waals surface area contributed by atoms with E-state index in [1.165, 1.54) is 12.1 Å². The molecule has 2 N–H and O–H groups in total. The number of esters is 1. The first-order chi connectivity index (χ1) is 9.99. The Hall–Kier alpha value is -2.15. The van der Waals surface area contributed by atoms with Crippen LogP contribution in [0.4, 0.5) is 11.4 Å². The summed E-state index contributed by atoms with van der Waals surface area (Å²) < 4.78 is 10.5. The van der Waals surface area contributed by atoms with Crippen molar-refractivity contribution < 1.29 is 19.2 Å². The normalized spacial score (nSPS) is 15.7. The average molecular weight is 294 g/mol. The Kier molecular flexibility index (Phi) is 4.74. The van der Waals surface area contributed by atoms with Crippen LogP contribution in [0.5, 0.6) is 0 Å². The molecule has 7 heteroatoms. The summed E-state index contributed by atoms with van der Waals surface area (Å²) in [5.41, 5.74) is 5.92. The molecule has 0 unspecified atom stereocenters. The lowest BCUT2D eigenvalue weighted by atomic mass is 10.0. The number of anilines is 1. The van der Waals surface area contributed by atoms with E-state index in [1.54, 1.807) is 6.92 Å². The standard InChI is InChI=1S/C14H18N2O5/c1-9-6-11(13(15)12(7-9)16(18)19)14(17)21-8-10-2-4-20-5-3-10/h6-7,10H,2-5,8,15H2,1H3. The van der Waals surface area contributed by atoms with Crippen LogP contribution in [-0.2, 0) is 9.47 Å². The molecule has 0 amide bonds. The van der Waals surface area contributed by atoms with E-state index in [9.17, 15) is 14.9 Å². The van der Waals surface area contributed by atoms with Crippen LogP contribution in [0.3, 0.4) is 0 Å². The predicted octanol–water partition coefficient (Wildman–Crippen LogP) is 2.07. The van der Waals surface area contributed by atoms with Crippen molar-refractivity contribution in [2.24, 2.45) is 5.92 Å². The van der Waals surface area contributed by atoms with E-state index in [0.29, 0.717) is 18.8 Å². The van der Waals surface area contributed by atoms with Gasteiger partial charge in [-0.1, -0.05) is 0 Å². The van der Waals surface area contributed by atoms with Crippen LogP contribution in [0, 0.1) is 23.0 Å². The van der Waals surface area contributed by atoms with Gasteiger partial charge in [-0.2, -0.15) is 0 Å². The number of hydrogen-bond acceptors (Lipinski definition) is 6. The maximum atomic E-state index is 12.1. The highest BCUT2D eigenvalue weighted by Crippen LogP contribution is 2.28. The number of nitrogens with zero attached hydrogens (tertiary/aromatic N) is 1. The van der Waals surface area contributed by atoms with Crippen molar-refractivity contribution in [2.45, 2.75) is 19.8 Å². The average Bonchev–Trinajstić information content (AvgIpc) is 2.47. The van der Waals surface area contributed by atoms with Gasteiger partial charge in [-0.15, -0.1) is 0 Å². The predicted molar refractivity (Wildman–Crippen MR) is 76.1 cm³/mol. The van der Waals surface area contributed by atoms with Crippen molar-refractivity contribution in [1.29, 1.82) is 0 Å². The zero-order chi connectivity index (χ0) is 15.4. The second kappa shape index (κ2) is 6.53. The fourth-order valence-corrected chi connectivity index (χ4v) is 2.28. The van der Waals surface area contributed by atoms with Crippen molar-refractivity contribution in [3.05, 3.63) is 33.4 Å². The van der Waals surface area contributed by atoms with Crippen molar-refractivity contribution in [1.82, 2.24) is 0 Å². The van der Waals surface area contributed by atoms with Gasteiger partial charge >= 0.3 is 5.97 Å². The summed E-state index contributed by atoms with van der Waals surface area (Å²) in [7, 11) is 0. The molecule has 0 aromatic heterocycles. The van der Waals surface area contributed by atoms with E-state index >= 15 is 0 Å². The molecular formula is C14H18N2O5. The second-order valence-corrected chi connectivity index (χ2v) is 5.16. The number of nitro groups is 1. The lowest BCUT2D eigenvalue weighted by molar-refractivity contribution is -0.384. The zero-order valence-electron chi connectivity index (χ0n) is 11.8. The Morgan fingerprint density at radius 1 is 1.48 bits per heavy atom. The third-order valence-corrected chi connectivity index (χ3v) is 3.51. The molecule has 21 heavy (non-hydrogen) atoms. The monoisotopic (exact) mass is 294 g/mol. The minimum atomic E-state index is -0.620. The van der Waals surface area contributed by atoms with E-state index < -0.39 is 10.9 Å². The quantitative estimate of drug-likeness (QED) is 0.394. The molecule has 0 radical (unpaired) electrons. The Labute approximate surface area is 122 Å². The third kappa shape index (κ3) is 3.69. The number of nitrogen functional groups attached to an aromatic ring is 1. The summed E-state index contributed by atoms with van der Waals surface area (Å²) in [6, 6.07) is 2.85. The van der Waals surface area contributed by atoms with Gasteiger partial charge in [-0.25, -0.2) is 4.79 Å². The molecule has 1 aliphatic heterocycles. The molecule has 0 saturated carbocycles. The van der Waals surface area contributed by atoms with Crippen molar-refractivity contribution in [2.75, 3.05) is 25.6 Å². The highest BCUT2D eigenvalue weighted by atomic mass is 16.6. The van der Waals surface area contributed by atoms with Gasteiger partial charge < -0.3 is 15.2 Å². The summed E-state index contributed by atoms with van der Waals surface area (Å²) in [5, 5.41) is 10.9. The van der Waals surface area contributed by atoms with Crippen LogP contribution in [0.25, 0.3) is 0 Å². The maximum absolute atomic E-state index is 12.1. The number of nitro benzene ring substituents is 1. The van der Waals surface area contributed by atoms with Gasteiger partial charge in [0.25, 0.3) is 5.69 Å². The number of benzene rings is 1. The van der Waals surface area contributed by atoms with Gasteiger partial charge in [0.2, 0.25) is 0 Å². The lowest BCUT2D eigenvalue weighted by Crippen LogP contribution is -2.22. The van der Waals surface area contributed by atoms with Gasteiger partial charge in [0, 0.05) is 19.3 Å². The summed E-state index contributed by atoms with van der Waals surface area (Å²) >= 11 is 0. The SMILES string of the molecule is Cc1cc(C(=O)OCC2CCOCC2)c(N)c([N+](=O)[O-])c1. The molecule has 0 aliphatic carbocycles. The molecule has 7 nitrogen and oxygen atoms in total. The van der Waals surface area contributed by atoms with E-state index in [1.807, 2.05) is 0 Å². The molecule has 114 valence electrons. The molecule has 1 heterocycles. The number of nitrogens with two attached hydrogens (primary N) is 1. The lowest BCUT2D eigenvalue weighted by Gasteiger charge is -2.21. The van der Waals surface area contributed by atoms with Gasteiger partial charge in [0.05, 0.1) is 17.1 Å². The topological polar surface area (TPSA) is 105 Å². The van der Waals surface area contributed by atoms with Crippen LogP contribution in [0.2, 0.25) is 0 Å². The summed E-state index contributed by atoms with van der Waals surface area (Å²) in [6.07, 6.45) is 1.69. The fraction of sp³-hybridized carbons (Fsp3) is 0.500. The first-order valence-corrected chi connectivity index (χ1v) is 6.78. The highest BCUT2D eigenvalue weighted by molar-refractivity contribution is 5.97. The molecule has 1 aliphatic rings. The molecule has 0 atom stereocenters. The maximum Gasteiger partial charge on any atom is 0.340 e. The number of ether oxygens (including phenoxy) is 2. The molecule has 2 rings (SSSR count). The van der Waals surface area contributed by atoms with Crippen LogP contribution in [0.1, 0.15) is 28.8 Å². The number of aryl methyl sites for hydroxylation is 1. The van der Waals surface area contributed by atoms with Crippen LogP contribution < -0.4 is 5.73 Å². The van der Waals surface area contributed by atoms with Crippen LogP contribution in [0.15, 0.2) is 12.1 Å². The molecule has 1 saturated heterocycles. The van der Waals surface area contributed by atoms with Crippen molar-refractivity contribution >= 4 is 17.3 Å². The Morgan fingerprint density at radius 2 is 2.14 bits per heavy atom. The fourth-order valence-electron chi connectivity index (χ4n) is 2.28. The number of carbonyl (C=O) groups excluding carboxylic acids is 1. The Balaban J connectivity index is 2.09. The summed E-state index contributed by atoms with van der Waals surface area (Å²) in [5.74, 6) is -0.352. The molecule has 0 bridgehead atoms. The minimum Gasteiger partial charge on any atom is -0.462 e. The third-order valence-electron chi connectivity index (χ3n) is 3.51. The van der Waals surface area contributed by atoms with E-state index in [-0.39, 0.29) is 29.5 Å². The van der Waals surface area contributed by atoms with Crippen LogP contribution in [-0.4, -0.2) is 30.7 Å². The molecule has 1 aromatic rings. The molecule has 1 fully saturated rings. The molecule has 1 aromatic carbocycles. The Bertz CT molecular complexity index is 553. The summed E-state index contributed by atoms with van der Waals surface area (Å²) in [6.45, 7) is 3.28. The number of hydrogen-bond donors (Lipinski definition) is 1.